The molecule has 0 unspecified atom stereocenters. The van der Waals surface area contributed by atoms with Crippen LogP contribution in [0, 0.1) is 0 Å². The summed E-state index contributed by atoms with van der Waals surface area (Å²) in [6.45, 7) is 1.39. The van der Waals surface area contributed by atoms with Crippen LogP contribution in [0.4, 0.5) is 0 Å². The number of nitrogens with zero attached hydrogens (tertiary/aromatic N) is 1. The molecule has 18 heavy (non-hydrogen) atoms. The van der Waals surface area contributed by atoms with Crippen LogP contribution in [0.25, 0.3) is 0 Å². The normalized spacial score (nSPS) is 19.7. The van der Waals surface area contributed by atoms with Gasteiger partial charge >= 0.3 is 0 Å². The van der Waals surface area contributed by atoms with Crippen LogP contribution in [0.3, 0.4) is 0 Å². The first-order valence-corrected chi connectivity index (χ1v) is 6.45. The lowest BCUT2D eigenvalue weighted by atomic mass is 10.1. The number of carbonyl (C=O) groups excluding carboxylic acids is 1. The average molecular weight is 269 g/mol. The van der Waals surface area contributed by atoms with Gasteiger partial charge in [-0.15, -0.1) is 0 Å². The lowest BCUT2D eigenvalue weighted by Gasteiger charge is -2.30. The van der Waals surface area contributed by atoms with Crippen LogP contribution in [0.5, 0.6) is 5.75 Å². The van der Waals surface area contributed by atoms with Crippen molar-refractivity contribution in [2.75, 3.05) is 19.7 Å². The van der Waals surface area contributed by atoms with Gasteiger partial charge in [-0.05, 0) is 25.0 Å². The maximum Gasteiger partial charge on any atom is 0.260 e. The average Bonchev–Trinajstić information content (AvgIpc) is 2.37. The largest absolute Gasteiger partial charge is 0.482 e. The van der Waals surface area contributed by atoms with Crippen LogP contribution in [0.1, 0.15) is 12.8 Å². The Morgan fingerprint density at radius 2 is 2.28 bits per heavy atom. The second-order valence-corrected chi connectivity index (χ2v) is 4.87. The van der Waals surface area contributed by atoms with E-state index in [-0.39, 0.29) is 18.6 Å². The standard InChI is InChI=1S/C13H17ClN2O2/c14-11-5-1-2-6-12(11)18-9-13(17)16-7-3-4-10(15)8-16/h1-2,5-6,10H,3-4,7-9,15H2/t10-/m0/s1. The molecule has 1 aliphatic rings. The number of para-hydroxylation sites is 1. The molecule has 1 aromatic carbocycles. The molecule has 1 aromatic rings. The fourth-order valence-electron chi connectivity index (χ4n) is 2.03. The van der Waals surface area contributed by atoms with E-state index in [2.05, 4.69) is 0 Å². The van der Waals surface area contributed by atoms with Crippen molar-refractivity contribution < 1.29 is 9.53 Å². The monoisotopic (exact) mass is 268 g/mol. The Morgan fingerprint density at radius 3 is 3.00 bits per heavy atom. The predicted molar refractivity (Wildman–Crippen MR) is 70.7 cm³/mol. The summed E-state index contributed by atoms with van der Waals surface area (Å²) in [5.74, 6) is 0.499. The molecule has 0 saturated carbocycles. The number of carbonyl (C=O) groups is 1. The van der Waals surface area contributed by atoms with E-state index in [0.29, 0.717) is 17.3 Å². The minimum Gasteiger partial charge on any atom is -0.482 e. The van der Waals surface area contributed by atoms with Gasteiger partial charge in [0, 0.05) is 19.1 Å². The highest BCUT2D eigenvalue weighted by molar-refractivity contribution is 6.32. The van der Waals surface area contributed by atoms with Crippen molar-refractivity contribution in [3.05, 3.63) is 29.3 Å². The zero-order valence-corrected chi connectivity index (χ0v) is 10.9. The van der Waals surface area contributed by atoms with Gasteiger partial charge in [0.15, 0.2) is 6.61 Å². The van der Waals surface area contributed by atoms with Gasteiger partial charge in [-0.1, -0.05) is 23.7 Å². The fourth-order valence-corrected chi connectivity index (χ4v) is 2.22. The zero-order chi connectivity index (χ0) is 13.0. The second kappa shape index (κ2) is 6.07. The van der Waals surface area contributed by atoms with Crippen molar-refractivity contribution >= 4 is 17.5 Å². The van der Waals surface area contributed by atoms with Crippen LogP contribution in [0.15, 0.2) is 24.3 Å². The van der Waals surface area contributed by atoms with Crippen LogP contribution in [-0.2, 0) is 4.79 Å². The van der Waals surface area contributed by atoms with Gasteiger partial charge in [-0.3, -0.25) is 4.79 Å². The number of hydrogen-bond acceptors (Lipinski definition) is 3. The van der Waals surface area contributed by atoms with Gasteiger partial charge in [0.2, 0.25) is 0 Å². The van der Waals surface area contributed by atoms with Crippen LogP contribution >= 0.6 is 11.6 Å². The molecule has 1 fully saturated rings. The summed E-state index contributed by atoms with van der Waals surface area (Å²) in [6.07, 6.45) is 1.94. The lowest BCUT2D eigenvalue weighted by Crippen LogP contribution is -2.47. The number of piperidine rings is 1. The zero-order valence-electron chi connectivity index (χ0n) is 10.1. The first kappa shape index (κ1) is 13.2. The molecule has 98 valence electrons. The molecular formula is C13H17ClN2O2. The van der Waals surface area contributed by atoms with Gasteiger partial charge in [-0.25, -0.2) is 0 Å². The third kappa shape index (κ3) is 3.37. The minimum absolute atomic E-state index is 0.0104. The Kier molecular flexibility index (Phi) is 4.44. The number of ether oxygens (including phenoxy) is 1. The van der Waals surface area contributed by atoms with Gasteiger partial charge in [0.25, 0.3) is 5.91 Å². The van der Waals surface area contributed by atoms with Gasteiger partial charge < -0.3 is 15.4 Å². The van der Waals surface area contributed by atoms with E-state index < -0.39 is 0 Å². The lowest BCUT2D eigenvalue weighted by molar-refractivity contribution is -0.134. The number of benzene rings is 1. The number of likely N-dealkylation sites (tertiary alicyclic amines) is 1. The van der Waals surface area contributed by atoms with Crippen molar-refractivity contribution in [2.24, 2.45) is 5.73 Å². The Bertz CT molecular complexity index is 425. The Hall–Kier alpha value is -1.26. The van der Waals surface area contributed by atoms with Crippen molar-refractivity contribution in [3.8, 4) is 5.75 Å². The highest BCUT2D eigenvalue weighted by atomic mass is 35.5. The Morgan fingerprint density at radius 1 is 1.50 bits per heavy atom. The van der Waals surface area contributed by atoms with E-state index in [1.807, 2.05) is 12.1 Å². The Labute approximate surface area is 112 Å². The molecule has 0 radical (unpaired) electrons. The van der Waals surface area contributed by atoms with Crippen LogP contribution < -0.4 is 10.5 Å². The van der Waals surface area contributed by atoms with Crippen molar-refractivity contribution in [1.82, 2.24) is 4.90 Å². The topological polar surface area (TPSA) is 55.6 Å². The van der Waals surface area contributed by atoms with Crippen molar-refractivity contribution in [1.29, 1.82) is 0 Å². The van der Waals surface area contributed by atoms with Gasteiger partial charge in [-0.2, -0.15) is 0 Å². The molecule has 1 amide bonds. The van der Waals surface area contributed by atoms with E-state index in [0.717, 1.165) is 19.4 Å². The Balaban J connectivity index is 1.86. The highest BCUT2D eigenvalue weighted by Gasteiger charge is 2.21. The van der Waals surface area contributed by atoms with Crippen molar-refractivity contribution in [3.63, 3.8) is 0 Å². The summed E-state index contributed by atoms with van der Waals surface area (Å²) < 4.78 is 5.42. The highest BCUT2D eigenvalue weighted by Crippen LogP contribution is 2.23. The molecule has 1 saturated heterocycles. The summed E-state index contributed by atoms with van der Waals surface area (Å²) >= 11 is 5.95. The summed E-state index contributed by atoms with van der Waals surface area (Å²) in [5.41, 5.74) is 5.84. The first-order chi connectivity index (χ1) is 8.66. The summed E-state index contributed by atoms with van der Waals surface area (Å²) in [5, 5.41) is 0.514. The third-order valence-corrected chi connectivity index (χ3v) is 3.31. The van der Waals surface area contributed by atoms with E-state index in [4.69, 9.17) is 22.1 Å². The summed E-state index contributed by atoms with van der Waals surface area (Å²) in [7, 11) is 0. The third-order valence-electron chi connectivity index (χ3n) is 3.00. The van der Waals surface area contributed by atoms with E-state index in [1.165, 1.54) is 0 Å². The fraction of sp³-hybridized carbons (Fsp3) is 0.462. The quantitative estimate of drug-likeness (QED) is 0.907. The van der Waals surface area contributed by atoms with Crippen LogP contribution in [-0.4, -0.2) is 36.5 Å². The molecular weight excluding hydrogens is 252 g/mol. The van der Waals surface area contributed by atoms with Crippen LogP contribution in [0.2, 0.25) is 5.02 Å². The number of nitrogens with two attached hydrogens (primary N) is 1. The number of rotatable bonds is 3. The number of amides is 1. The summed E-state index contributed by atoms with van der Waals surface area (Å²) in [4.78, 5) is 13.7. The minimum atomic E-state index is -0.0370. The molecule has 0 aliphatic carbocycles. The second-order valence-electron chi connectivity index (χ2n) is 4.46. The molecule has 0 spiro atoms. The van der Waals surface area contributed by atoms with E-state index in [9.17, 15) is 4.79 Å². The van der Waals surface area contributed by atoms with Gasteiger partial charge in [0.05, 0.1) is 5.02 Å². The molecule has 1 atom stereocenters. The van der Waals surface area contributed by atoms with E-state index >= 15 is 0 Å². The molecule has 0 aromatic heterocycles. The SMILES string of the molecule is N[C@H]1CCCN(C(=O)COc2ccccc2Cl)C1. The molecule has 1 heterocycles. The van der Waals surface area contributed by atoms with Crippen molar-refractivity contribution in [2.45, 2.75) is 18.9 Å². The van der Waals surface area contributed by atoms with E-state index in [1.54, 1.807) is 17.0 Å². The maximum absolute atomic E-state index is 11.9. The molecule has 0 bridgehead atoms. The molecule has 4 nitrogen and oxygen atoms in total. The predicted octanol–water partition coefficient (Wildman–Crippen LogP) is 1.67. The maximum atomic E-state index is 11.9. The van der Waals surface area contributed by atoms with Gasteiger partial charge in [0.1, 0.15) is 5.75 Å². The molecule has 2 N–H and O–H groups in total. The number of hydrogen-bond donors (Lipinski definition) is 1. The molecule has 1 aliphatic heterocycles. The smallest absolute Gasteiger partial charge is 0.260 e. The molecule has 5 heteroatoms. The molecule has 2 rings (SSSR count). The number of halogens is 1. The summed E-state index contributed by atoms with van der Waals surface area (Å²) in [6, 6.07) is 7.21. The first-order valence-electron chi connectivity index (χ1n) is 6.07.